The number of nitrogens with one attached hydrogen (secondary N) is 1. The van der Waals surface area contributed by atoms with Crippen LogP contribution in [0.2, 0.25) is 0 Å². The highest BCUT2D eigenvalue weighted by Crippen LogP contribution is 2.14. The van der Waals surface area contributed by atoms with Crippen LogP contribution in [0.1, 0.15) is 23.5 Å². The fourth-order valence-corrected chi connectivity index (χ4v) is 2.79. The summed E-state index contributed by atoms with van der Waals surface area (Å²) in [7, 11) is 0. The van der Waals surface area contributed by atoms with Crippen LogP contribution in [0.4, 0.5) is 0 Å². The zero-order chi connectivity index (χ0) is 14.5. The molecule has 0 radical (unpaired) electrons. The number of benzene rings is 1. The molecule has 0 aliphatic carbocycles. The van der Waals surface area contributed by atoms with Crippen LogP contribution in [-0.2, 0) is 6.42 Å². The molecule has 0 saturated carbocycles. The van der Waals surface area contributed by atoms with E-state index in [1.54, 1.807) is 11.3 Å². The van der Waals surface area contributed by atoms with Gasteiger partial charge in [0.2, 0.25) is 0 Å². The number of para-hydroxylation sites is 1. The molecule has 3 aromatic rings. The minimum Gasteiger partial charge on any atom is -0.310 e. The van der Waals surface area contributed by atoms with Gasteiger partial charge >= 0.3 is 0 Å². The molecule has 1 aromatic carbocycles. The molecule has 0 amide bonds. The number of aromatic nitrogens is 3. The minimum atomic E-state index is 0.280. The van der Waals surface area contributed by atoms with Gasteiger partial charge in [-0.2, -0.15) is 5.10 Å². The van der Waals surface area contributed by atoms with Crippen LogP contribution in [0.5, 0.6) is 0 Å². The van der Waals surface area contributed by atoms with Crippen molar-refractivity contribution in [3.8, 4) is 5.69 Å². The van der Waals surface area contributed by atoms with Crippen molar-refractivity contribution >= 4 is 11.3 Å². The third-order valence-corrected chi connectivity index (χ3v) is 4.24. The minimum absolute atomic E-state index is 0.280. The van der Waals surface area contributed by atoms with Gasteiger partial charge < -0.3 is 5.32 Å². The van der Waals surface area contributed by atoms with Crippen molar-refractivity contribution in [2.45, 2.75) is 19.4 Å². The maximum atomic E-state index is 4.43. The van der Waals surface area contributed by atoms with Crippen molar-refractivity contribution in [3.05, 3.63) is 64.9 Å². The first-order chi connectivity index (χ1) is 10.3. The molecule has 2 aromatic heterocycles. The molecular formula is C16H18N4S. The van der Waals surface area contributed by atoms with E-state index in [0.717, 1.165) is 18.7 Å². The van der Waals surface area contributed by atoms with Gasteiger partial charge in [-0.25, -0.2) is 9.67 Å². The molecule has 5 heteroatoms. The molecule has 0 aliphatic rings. The molecule has 0 fully saturated rings. The van der Waals surface area contributed by atoms with Crippen molar-refractivity contribution < 1.29 is 0 Å². The van der Waals surface area contributed by atoms with Gasteiger partial charge in [0.25, 0.3) is 0 Å². The van der Waals surface area contributed by atoms with Crippen molar-refractivity contribution in [2.24, 2.45) is 0 Å². The van der Waals surface area contributed by atoms with Crippen LogP contribution in [0, 0.1) is 0 Å². The first kappa shape index (κ1) is 14.0. The Kier molecular flexibility index (Phi) is 4.43. The normalized spacial score (nSPS) is 12.4. The third-order valence-electron chi connectivity index (χ3n) is 3.40. The first-order valence-electron chi connectivity index (χ1n) is 7.04. The largest absolute Gasteiger partial charge is 0.310 e. The maximum absolute atomic E-state index is 4.43. The number of rotatable bonds is 6. The standard InChI is InChI=1S/C16H18N4S/c1-13(17-8-7-16-18-9-10-21-16)14-11-19-20(12-14)15-5-3-2-4-6-15/h2-6,9-13,17H,7-8H2,1H3. The molecule has 1 atom stereocenters. The molecule has 1 unspecified atom stereocenters. The average molecular weight is 298 g/mol. The van der Waals surface area contributed by atoms with Crippen LogP contribution in [0.3, 0.4) is 0 Å². The second kappa shape index (κ2) is 6.65. The zero-order valence-corrected chi connectivity index (χ0v) is 12.8. The second-order valence-electron chi connectivity index (χ2n) is 4.91. The summed E-state index contributed by atoms with van der Waals surface area (Å²) in [5.41, 5.74) is 2.27. The quantitative estimate of drug-likeness (QED) is 0.760. The van der Waals surface area contributed by atoms with E-state index < -0.39 is 0 Å². The van der Waals surface area contributed by atoms with Gasteiger partial charge in [0.05, 0.1) is 16.9 Å². The van der Waals surface area contributed by atoms with Crippen LogP contribution in [-0.4, -0.2) is 21.3 Å². The number of hydrogen-bond acceptors (Lipinski definition) is 4. The Labute approximate surface area is 128 Å². The fourth-order valence-electron chi connectivity index (χ4n) is 2.17. The number of hydrogen-bond donors (Lipinski definition) is 1. The molecular weight excluding hydrogens is 280 g/mol. The lowest BCUT2D eigenvalue weighted by Gasteiger charge is -2.10. The van der Waals surface area contributed by atoms with E-state index in [9.17, 15) is 0 Å². The summed E-state index contributed by atoms with van der Waals surface area (Å²) in [6.45, 7) is 3.08. The van der Waals surface area contributed by atoms with E-state index in [2.05, 4.69) is 40.7 Å². The van der Waals surface area contributed by atoms with Gasteiger partial charge in [-0.3, -0.25) is 0 Å². The molecule has 0 bridgehead atoms. The highest BCUT2D eigenvalue weighted by atomic mass is 32.1. The van der Waals surface area contributed by atoms with Crippen molar-refractivity contribution in [1.82, 2.24) is 20.1 Å². The summed E-state index contributed by atoms with van der Waals surface area (Å²) in [4.78, 5) is 4.29. The van der Waals surface area contributed by atoms with Gasteiger partial charge in [0.1, 0.15) is 0 Å². The Morgan fingerprint density at radius 2 is 2.14 bits per heavy atom. The van der Waals surface area contributed by atoms with Crippen molar-refractivity contribution in [2.75, 3.05) is 6.54 Å². The molecule has 0 aliphatic heterocycles. The molecule has 4 nitrogen and oxygen atoms in total. The Morgan fingerprint density at radius 3 is 2.90 bits per heavy atom. The van der Waals surface area contributed by atoms with Crippen LogP contribution < -0.4 is 5.32 Å². The lowest BCUT2D eigenvalue weighted by Crippen LogP contribution is -2.21. The molecule has 2 heterocycles. The Morgan fingerprint density at radius 1 is 1.29 bits per heavy atom. The molecule has 3 rings (SSSR count). The van der Waals surface area contributed by atoms with E-state index >= 15 is 0 Å². The monoisotopic (exact) mass is 298 g/mol. The number of nitrogens with zero attached hydrogens (tertiary/aromatic N) is 3. The Balaban J connectivity index is 1.58. The second-order valence-corrected chi connectivity index (χ2v) is 5.88. The molecule has 108 valence electrons. The van der Waals surface area contributed by atoms with Crippen molar-refractivity contribution in [3.63, 3.8) is 0 Å². The maximum Gasteiger partial charge on any atom is 0.0937 e. The summed E-state index contributed by atoms with van der Waals surface area (Å²) >= 11 is 1.70. The summed E-state index contributed by atoms with van der Waals surface area (Å²) in [5.74, 6) is 0. The number of thiazole rings is 1. The highest BCUT2D eigenvalue weighted by Gasteiger charge is 2.08. The average Bonchev–Trinajstić information content (AvgIpc) is 3.20. The molecule has 21 heavy (non-hydrogen) atoms. The predicted molar refractivity (Wildman–Crippen MR) is 85.8 cm³/mol. The van der Waals surface area contributed by atoms with Gasteiger partial charge in [-0.15, -0.1) is 11.3 Å². The SMILES string of the molecule is CC(NCCc1nccs1)c1cnn(-c2ccccc2)c1. The van der Waals surface area contributed by atoms with Crippen molar-refractivity contribution in [1.29, 1.82) is 0 Å². The lowest BCUT2D eigenvalue weighted by atomic mass is 10.2. The Bertz CT molecular complexity index is 661. The fraction of sp³-hybridized carbons (Fsp3) is 0.250. The van der Waals surface area contributed by atoms with E-state index in [1.807, 2.05) is 40.7 Å². The summed E-state index contributed by atoms with van der Waals surface area (Å²) < 4.78 is 1.91. The van der Waals surface area contributed by atoms with E-state index in [4.69, 9.17) is 0 Å². The molecule has 0 saturated heterocycles. The zero-order valence-electron chi connectivity index (χ0n) is 11.9. The lowest BCUT2D eigenvalue weighted by molar-refractivity contribution is 0.576. The smallest absolute Gasteiger partial charge is 0.0937 e. The van der Waals surface area contributed by atoms with Gasteiger partial charge in [-0.1, -0.05) is 18.2 Å². The van der Waals surface area contributed by atoms with E-state index in [1.165, 1.54) is 10.6 Å². The predicted octanol–water partition coefficient (Wildman–Crippen LogP) is 3.22. The van der Waals surface area contributed by atoms with E-state index in [-0.39, 0.29) is 6.04 Å². The Hall–Kier alpha value is -1.98. The van der Waals surface area contributed by atoms with Crippen LogP contribution >= 0.6 is 11.3 Å². The van der Waals surface area contributed by atoms with Crippen LogP contribution in [0.25, 0.3) is 5.69 Å². The van der Waals surface area contributed by atoms with Gasteiger partial charge in [-0.05, 0) is 19.1 Å². The molecule has 1 N–H and O–H groups in total. The highest BCUT2D eigenvalue weighted by molar-refractivity contribution is 7.09. The molecule has 0 spiro atoms. The van der Waals surface area contributed by atoms with E-state index in [0.29, 0.717) is 0 Å². The third kappa shape index (κ3) is 3.56. The summed E-state index contributed by atoms with van der Waals surface area (Å²) in [5, 5.41) is 11.1. The van der Waals surface area contributed by atoms with Gasteiger partial charge in [0.15, 0.2) is 0 Å². The van der Waals surface area contributed by atoms with Crippen LogP contribution in [0.15, 0.2) is 54.3 Å². The topological polar surface area (TPSA) is 42.7 Å². The first-order valence-corrected chi connectivity index (χ1v) is 7.92. The van der Waals surface area contributed by atoms with Gasteiger partial charge in [0, 0.05) is 42.3 Å². The summed E-state index contributed by atoms with van der Waals surface area (Å²) in [6, 6.07) is 10.4. The summed E-state index contributed by atoms with van der Waals surface area (Å²) in [6.07, 6.45) is 6.83.